The molecule has 27 heavy (non-hydrogen) atoms. The second-order valence-corrected chi connectivity index (χ2v) is 6.88. The third kappa shape index (κ3) is 4.61. The van der Waals surface area contributed by atoms with Gasteiger partial charge in [-0.3, -0.25) is 4.79 Å². The maximum Gasteiger partial charge on any atom is 0.251 e. The van der Waals surface area contributed by atoms with Crippen LogP contribution in [0.2, 0.25) is 0 Å². The van der Waals surface area contributed by atoms with Crippen LogP contribution >= 0.6 is 0 Å². The molecule has 0 saturated carbocycles. The Morgan fingerprint density at radius 3 is 2.52 bits per heavy atom. The van der Waals surface area contributed by atoms with Crippen LogP contribution in [0.3, 0.4) is 0 Å². The minimum atomic E-state index is -0.919. The summed E-state index contributed by atoms with van der Waals surface area (Å²) < 4.78 is 11.1. The quantitative estimate of drug-likeness (QED) is 0.787. The summed E-state index contributed by atoms with van der Waals surface area (Å²) in [6.45, 7) is 5.03. The normalized spacial score (nSPS) is 18.5. The molecule has 2 N–H and O–H groups in total. The van der Waals surface area contributed by atoms with E-state index in [4.69, 9.17) is 9.47 Å². The van der Waals surface area contributed by atoms with E-state index in [2.05, 4.69) is 11.4 Å². The van der Waals surface area contributed by atoms with Crippen molar-refractivity contribution in [1.82, 2.24) is 5.32 Å². The number of amides is 1. The van der Waals surface area contributed by atoms with Crippen molar-refractivity contribution < 1.29 is 19.4 Å². The first-order valence-corrected chi connectivity index (χ1v) is 9.51. The van der Waals surface area contributed by atoms with E-state index in [1.165, 1.54) is 5.56 Å². The summed E-state index contributed by atoms with van der Waals surface area (Å²) in [4.78, 5) is 12.6. The van der Waals surface area contributed by atoms with Crippen LogP contribution in [0, 0.1) is 0 Å². The Hall–Kier alpha value is -2.53. The Labute approximate surface area is 160 Å². The van der Waals surface area contributed by atoms with Crippen molar-refractivity contribution in [3.63, 3.8) is 0 Å². The number of carbonyl (C=O) groups is 1. The molecule has 0 aromatic heterocycles. The van der Waals surface area contributed by atoms with E-state index in [1.807, 2.05) is 32.0 Å². The zero-order valence-corrected chi connectivity index (χ0v) is 16.0. The van der Waals surface area contributed by atoms with E-state index < -0.39 is 5.60 Å². The first kappa shape index (κ1) is 19.2. The highest BCUT2D eigenvalue weighted by Crippen LogP contribution is 2.30. The highest BCUT2D eigenvalue weighted by atomic mass is 16.5. The van der Waals surface area contributed by atoms with Crippen molar-refractivity contribution >= 4 is 5.91 Å². The largest absolute Gasteiger partial charge is 0.490 e. The summed E-state index contributed by atoms with van der Waals surface area (Å²) in [5.41, 5.74) is 2.00. The summed E-state index contributed by atoms with van der Waals surface area (Å²) in [7, 11) is 0. The first-order valence-electron chi connectivity index (χ1n) is 9.51. The zero-order valence-electron chi connectivity index (χ0n) is 16.0. The lowest BCUT2D eigenvalue weighted by atomic mass is 9.80. The maximum atomic E-state index is 12.6. The second kappa shape index (κ2) is 8.44. The van der Waals surface area contributed by atoms with Crippen LogP contribution in [0.25, 0.3) is 0 Å². The maximum absolute atomic E-state index is 12.6. The number of ether oxygens (including phenoxy) is 2. The standard InChI is InChI=1S/C22H27NO4/c1-3-26-19-10-9-17(13-20(19)27-4-2)21(24)23-15-22(25)12-11-16-7-5-6-8-18(16)14-22/h5-10,13,25H,3-4,11-12,14-15H2,1-2H3,(H,23,24). The van der Waals surface area contributed by atoms with Crippen molar-refractivity contribution in [1.29, 1.82) is 0 Å². The van der Waals surface area contributed by atoms with Crippen LogP contribution in [0.4, 0.5) is 0 Å². The van der Waals surface area contributed by atoms with Crippen LogP contribution in [0.5, 0.6) is 11.5 Å². The molecule has 0 aliphatic heterocycles. The smallest absolute Gasteiger partial charge is 0.251 e. The van der Waals surface area contributed by atoms with Crippen LogP contribution in [0.15, 0.2) is 42.5 Å². The lowest BCUT2D eigenvalue weighted by Crippen LogP contribution is -2.46. The van der Waals surface area contributed by atoms with Gasteiger partial charge in [0.1, 0.15) is 0 Å². The van der Waals surface area contributed by atoms with Gasteiger partial charge in [0, 0.05) is 18.5 Å². The Morgan fingerprint density at radius 2 is 1.78 bits per heavy atom. The fraction of sp³-hybridized carbons (Fsp3) is 0.409. The lowest BCUT2D eigenvalue weighted by Gasteiger charge is -2.33. The fourth-order valence-corrected chi connectivity index (χ4v) is 3.47. The molecule has 0 fully saturated rings. The Morgan fingerprint density at radius 1 is 1.07 bits per heavy atom. The van der Waals surface area contributed by atoms with E-state index >= 15 is 0 Å². The van der Waals surface area contributed by atoms with Crippen LogP contribution < -0.4 is 14.8 Å². The zero-order chi connectivity index (χ0) is 19.3. The van der Waals surface area contributed by atoms with E-state index in [1.54, 1.807) is 18.2 Å². The first-order chi connectivity index (χ1) is 13.0. The van der Waals surface area contributed by atoms with E-state index in [-0.39, 0.29) is 12.5 Å². The number of benzene rings is 2. The predicted molar refractivity (Wildman–Crippen MR) is 105 cm³/mol. The van der Waals surface area contributed by atoms with E-state index in [9.17, 15) is 9.90 Å². The summed E-state index contributed by atoms with van der Waals surface area (Å²) in [6.07, 6.45) is 2.01. The predicted octanol–water partition coefficient (Wildman–Crippen LogP) is 3.13. The number of aliphatic hydroxyl groups is 1. The second-order valence-electron chi connectivity index (χ2n) is 6.88. The Balaban J connectivity index is 1.66. The Kier molecular flexibility index (Phi) is 6.01. The molecule has 2 aromatic carbocycles. The summed E-state index contributed by atoms with van der Waals surface area (Å²) >= 11 is 0. The molecule has 5 nitrogen and oxygen atoms in total. The summed E-state index contributed by atoms with van der Waals surface area (Å²) in [5, 5.41) is 13.8. The Bertz CT molecular complexity index is 805. The monoisotopic (exact) mass is 369 g/mol. The van der Waals surface area contributed by atoms with Crippen LogP contribution in [-0.2, 0) is 12.8 Å². The average molecular weight is 369 g/mol. The number of aryl methyl sites for hydroxylation is 1. The number of nitrogens with one attached hydrogen (secondary N) is 1. The number of fused-ring (bicyclic) bond motifs is 1. The third-order valence-electron chi connectivity index (χ3n) is 4.88. The SMILES string of the molecule is CCOc1ccc(C(=O)NCC2(O)CCc3ccccc3C2)cc1OCC. The van der Waals surface area contributed by atoms with Gasteiger partial charge in [-0.25, -0.2) is 0 Å². The molecule has 0 heterocycles. The summed E-state index contributed by atoms with van der Waals surface area (Å²) in [5.74, 6) is 0.946. The van der Waals surface area contributed by atoms with Crippen molar-refractivity contribution in [3.8, 4) is 11.5 Å². The molecule has 1 aliphatic carbocycles. The van der Waals surface area contributed by atoms with Gasteiger partial charge >= 0.3 is 0 Å². The molecule has 0 bridgehead atoms. The average Bonchev–Trinajstić information content (AvgIpc) is 2.68. The van der Waals surface area contributed by atoms with Crippen molar-refractivity contribution in [2.75, 3.05) is 19.8 Å². The van der Waals surface area contributed by atoms with Gasteiger partial charge < -0.3 is 19.9 Å². The van der Waals surface area contributed by atoms with Crippen LogP contribution in [-0.4, -0.2) is 36.4 Å². The third-order valence-corrected chi connectivity index (χ3v) is 4.88. The number of hydrogen-bond acceptors (Lipinski definition) is 4. The van der Waals surface area contributed by atoms with Gasteiger partial charge in [0.05, 0.1) is 18.8 Å². The van der Waals surface area contributed by atoms with Gasteiger partial charge in [-0.15, -0.1) is 0 Å². The molecule has 1 aliphatic rings. The van der Waals surface area contributed by atoms with Gasteiger partial charge in [0.15, 0.2) is 11.5 Å². The molecule has 1 atom stereocenters. The highest BCUT2D eigenvalue weighted by Gasteiger charge is 2.32. The van der Waals surface area contributed by atoms with Crippen LogP contribution in [0.1, 0.15) is 41.8 Å². The van der Waals surface area contributed by atoms with Gasteiger partial charge in [-0.2, -0.15) is 0 Å². The minimum Gasteiger partial charge on any atom is -0.490 e. The van der Waals surface area contributed by atoms with Crippen molar-refractivity contribution in [2.45, 2.75) is 38.7 Å². The molecule has 1 unspecified atom stereocenters. The van der Waals surface area contributed by atoms with Gasteiger partial charge in [-0.05, 0) is 56.0 Å². The lowest BCUT2D eigenvalue weighted by molar-refractivity contribution is 0.0260. The molecule has 0 saturated heterocycles. The minimum absolute atomic E-state index is 0.220. The summed E-state index contributed by atoms with van der Waals surface area (Å²) in [6, 6.07) is 13.3. The number of carbonyl (C=O) groups excluding carboxylic acids is 1. The van der Waals surface area contributed by atoms with Crippen molar-refractivity contribution in [2.24, 2.45) is 0 Å². The molecule has 0 radical (unpaired) electrons. The topological polar surface area (TPSA) is 67.8 Å². The van der Waals surface area contributed by atoms with Crippen molar-refractivity contribution in [3.05, 3.63) is 59.2 Å². The molecular formula is C22H27NO4. The van der Waals surface area contributed by atoms with Gasteiger partial charge in [0.2, 0.25) is 0 Å². The molecule has 0 spiro atoms. The molecule has 1 amide bonds. The van der Waals surface area contributed by atoms with E-state index in [0.717, 1.165) is 12.0 Å². The molecule has 2 aromatic rings. The van der Waals surface area contributed by atoms with E-state index in [0.29, 0.717) is 43.1 Å². The van der Waals surface area contributed by atoms with Gasteiger partial charge in [0.25, 0.3) is 5.91 Å². The molecular weight excluding hydrogens is 342 g/mol. The molecule has 5 heteroatoms. The number of hydrogen-bond donors (Lipinski definition) is 2. The van der Waals surface area contributed by atoms with Gasteiger partial charge in [-0.1, -0.05) is 24.3 Å². The molecule has 3 rings (SSSR count). The fourth-order valence-electron chi connectivity index (χ4n) is 3.47. The highest BCUT2D eigenvalue weighted by molar-refractivity contribution is 5.94. The molecule has 144 valence electrons. The number of rotatable bonds is 7.